The smallest absolute Gasteiger partial charge is 0.345 e. The minimum absolute atomic E-state index is 0.00190. The Morgan fingerprint density at radius 1 is 1.02 bits per heavy atom. The highest BCUT2D eigenvalue weighted by molar-refractivity contribution is 7.81. The number of carbonyl (C=O) groups excluding carboxylic acids is 4. The molecule has 0 aliphatic carbocycles. The molecule has 2 fully saturated rings. The number of carbonyl (C=O) groups is 5. The third-order valence-corrected chi connectivity index (χ3v) is 11.5. The highest BCUT2D eigenvalue weighted by Crippen LogP contribution is 2.44. The van der Waals surface area contributed by atoms with Crippen molar-refractivity contribution in [3.05, 3.63) is 76.3 Å². The van der Waals surface area contributed by atoms with Gasteiger partial charge in [0.05, 0.1) is 24.2 Å². The number of allylic oxidation sites excluding steroid dienone is 1. The van der Waals surface area contributed by atoms with Crippen molar-refractivity contribution in [2.45, 2.75) is 116 Å². The first-order valence-corrected chi connectivity index (χ1v) is 22.1. The molecule has 2 aromatic rings. The van der Waals surface area contributed by atoms with Crippen LogP contribution in [0.2, 0.25) is 5.02 Å². The monoisotopic (exact) mass is 884 g/mol. The largest absolute Gasteiger partial charge is 0.495 e. The zero-order valence-corrected chi connectivity index (χ0v) is 38.3. The van der Waals surface area contributed by atoms with Crippen LogP contribution in [0.4, 0.5) is 0 Å². The summed E-state index contributed by atoms with van der Waals surface area (Å²) in [7, 11) is 1.50. The molecule has 13 nitrogen and oxygen atoms in total. The molecule has 0 aromatic heterocycles. The number of ether oxygens (including phenoxy) is 3. The van der Waals surface area contributed by atoms with E-state index < -0.39 is 41.8 Å². The summed E-state index contributed by atoms with van der Waals surface area (Å²) in [5.41, 5.74) is 3.04. The number of hydrogen-bond acceptors (Lipinski definition) is 10. The molecule has 3 N–H and O–H groups in total. The number of rotatable bonds is 23. The van der Waals surface area contributed by atoms with Crippen LogP contribution in [0.5, 0.6) is 5.75 Å². The van der Waals surface area contributed by atoms with Gasteiger partial charge in [0.15, 0.2) is 6.10 Å². The van der Waals surface area contributed by atoms with Gasteiger partial charge in [-0.15, -0.1) is 0 Å². The molecule has 0 bridgehead atoms. The van der Waals surface area contributed by atoms with Gasteiger partial charge < -0.3 is 34.9 Å². The molecule has 4 rings (SSSR count). The van der Waals surface area contributed by atoms with Gasteiger partial charge in [0, 0.05) is 56.9 Å². The summed E-state index contributed by atoms with van der Waals surface area (Å²) >= 11 is 10.9. The number of nitrogens with zero attached hydrogens (tertiary/aromatic N) is 2. The Morgan fingerprint density at radius 2 is 1.69 bits per heavy atom. The number of epoxide rings is 1. The first-order valence-electron chi connectivity index (χ1n) is 21.3. The van der Waals surface area contributed by atoms with Gasteiger partial charge >= 0.3 is 11.9 Å². The van der Waals surface area contributed by atoms with Crippen LogP contribution in [0, 0.1) is 17.8 Å². The predicted molar refractivity (Wildman–Crippen MR) is 239 cm³/mol. The first kappa shape index (κ1) is 49.5. The van der Waals surface area contributed by atoms with Crippen molar-refractivity contribution in [3.8, 4) is 5.75 Å². The van der Waals surface area contributed by atoms with Crippen molar-refractivity contribution in [1.29, 1.82) is 0 Å². The third kappa shape index (κ3) is 16.6. The molecular formula is C46H65ClN4O9S. The van der Waals surface area contributed by atoms with Gasteiger partial charge in [-0.25, -0.2) is 4.79 Å². The van der Waals surface area contributed by atoms with Crippen LogP contribution in [0.1, 0.15) is 96.4 Å². The lowest BCUT2D eigenvalue weighted by Gasteiger charge is -2.35. The minimum atomic E-state index is -1.28. The SMILES string of the molecule is COc1ccc(CC(NC(=O)C=CCCC(C)C2OC2c2ccc(CN3CCN(C(=O)CCC(C)(C)S)CC3)cc2)C(=O)NCC(C)C(=O)OC(CC(C)C)C(=O)O)cc1Cl. The fourth-order valence-corrected chi connectivity index (χ4v) is 7.57. The fraction of sp³-hybridized carbons (Fsp3) is 0.587. The van der Waals surface area contributed by atoms with E-state index in [0.717, 1.165) is 51.1 Å². The number of esters is 1. The third-order valence-electron chi connectivity index (χ3n) is 11.0. The Hall–Kier alpha value is -4.11. The second-order valence-electron chi connectivity index (χ2n) is 17.5. The number of nitrogens with one attached hydrogen (secondary N) is 2. The summed E-state index contributed by atoms with van der Waals surface area (Å²) in [4.78, 5) is 67.8. The molecule has 0 spiro atoms. The van der Waals surface area contributed by atoms with Crippen molar-refractivity contribution in [2.24, 2.45) is 17.8 Å². The highest BCUT2D eigenvalue weighted by Gasteiger charge is 2.43. The Labute approximate surface area is 371 Å². The Balaban J connectivity index is 1.23. The van der Waals surface area contributed by atoms with E-state index in [1.165, 1.54) is 25.7 Å². The van der Waals surface area contributed by atoms with E-state index in [2.05, 4.69) is 59.4 Å². The predicted octanol–water partition coefficient (Wildman–Crippen LogP) is 6.42. The van der Waals surface area contributed by atoms with Gasteiger partial charge in [0.25, 0.3) is 0 Å². The van der Waals surface area contributed by atoms with Crippen LogP contribution in [-0.4, -0.2) is 107 Å². The fourth-order valence-electron chi connectivity index (χ4n) is 7.18. The lowest BCUT2D eigenvalue weighted by atomic mass is 9.96. The van der Waals surface area contributed by atoms with Gasteiger partial charge in [-0.05, 0) is 72.4 Å². The first-order chi connectivity index (χ1) is 28.8. The molecule has 0 radical (unpaired) electrons. The molecule has 2 saturated heterocycles. The zero-order chi connectivity index (χ0) is 44.9. The number of carboxylic acids is 1. The summed E-state index contributed by atoms with van der Waals surface area (Å²) in [6.07, 6.45) is 5.03. The second kappa shape index (κ2) is 23.4. The van der Waals surface area contributed by atoms with Crippen LogP contribution in [0.3, 0.4) is 0 Å². The van der Waals surface area contributed by atoms with Crippen LogP contribution >= 0.6 is 24.2 Å². The number of halogens is 1. The van der Waals surface area contributed by atoms with E-state index in [-0.39, 0.29) is 54.1 Å². The number of aliphatic carboxylic acids is 1. The Bertz CT molecular complexity index is 1830. The molecule has 336 valence electrons. The van der Waals surface area contributed by atoms with Gasteiger partial charge in [0.2, 0.25) is 17.7 Å². The average Bonchev–Trinajstić information content (AvgIpc) is 4.01. The van der Waals surface area contributed by atoms with E-state index in [1.807, 2.05) is 32.6 Å². The van der Waals surface area contributed by atoms with Crippen LogP contribution in [0.25, 0.3) is 0 Å². The summed E-state index contributed by atoms with van der Waals surface area (Å²) in [6.45, 7) is 15.3. The average molecular weight is 886 g/mol. The molecule has 6 atom stereocenters. The Kier molecular flexibility index (Phi) is 19.0. The lowest BCUT2D eigenvalue weighted by Crippen LogP contribution is -2.49. The van der Waals surface area contributed by atoms with Gasteiger partial charge in [-0.3, -0.25) is 24.1 Å². The maximum atomic E-state index is 13.4. The molecular weight excluding hydrogens is 820 g/mol. The lowest BCUT2D eigenvalue weighted by molar-refractivity contribution is -0.167. The number of amides is 3. The minimum Gasteiger partial charge on any atom is -0.495 e. The van der Waals surface area contributed by atoms with Crippen molar-refractivity contribution in [3.63, 3.8) is 0 Å². The highest BCUT2D eigenvalue weighted by atomic mass is 35.5. The van der Waals surface area contributed by atoms with Gasteiger partial charge in [-0.2, -0.15) is 12.6 Å². The van der Waals surface area contributed by atoms with E-state index in [4.69, 9.17) is 25.8 Å². The van der Waals surface area contributed by atoms with Gasteiger partial charge in [0.1, 0.15) is 17.9 Å². The quantitative estimate of drug-likeness (QED) is 0.0424. The molecule has 2 aliphatic rings. The molecule has 2 aromatic carbocycles. The molecule has 15 heteroatoms. The van der Waals surface area contributed by atoms with Crippen LogP contribution in [-0.2, 0) is 46.4 Å². The molecule has 2 aliphatic heterocycles. The summed E-state index contributed by atoms with van der Waals surface area (Å²) in [5.74, 6) is -2.87. The number of methoxy groups -OCH3 is 1. The van der Waals surface area contributed by atoms with E-state index in [0.29, 0.717) is 29.2 Å². The number of benzene rings is 2. The number of hydrogen-bond donors (Lipinski definition) is 4. The van der Waals surface area contributed by atoms with Crippen molar-refractivity contribution in [1.82, 2.24) is 20.4 Å². The summed E-state index contributed by atoms with van der Waals surface area (Å²) in [5, 5.41) is 15.3. The zero-order valence-electron chi connectivity index (χ0n) is 36.7. The molecule has 0 saturated carbocycles. The number of carboxylic acid groups (broad SMARTS) is 1. The van der Waals surface area contributed by atoms with Crippen LogP contribution < -0.4 is 15.4 Å². The van der Waals surface area contributed by atoms with Crippen LogP contribution in [0.15, 0.2) is 54.6 Å². The Morgan fingerprint density at radius 3 is 2.30 bits per heavy atom. The van der Waals surface area contributed by atoms with Crippen molar-refractivity contribution >= 4 is 53.9 Å². The maximum Gasteiger partial charge on any atom is 0.345 e. The normalized spacial score (nSPS) is 18.9. The number of thiol groups is 1. The van der Waals surface area contributed by atoms with Crippen molar-refractivity contribution < 1.29 is 43.3 Å². The van der Waals surface area contributed by atoms with Gasteiger partial charge in [-0.1, -0.05) is 89.6 Å². The molecule has 6 unspecified atom stereocenters. The molecule has 2 heterocycles. The topological polar surface area (TPSA) is 167 Å². The van der Waals surface area contributed by atoms with Crippen molar-refractivity contribution in [2.75, 3.05) is 39.8 Å². The van der Waals surface area contributed by atoms with E-state index in [1.54, 1.807) is 24.3 Å². The number of piperazine rings is 1. The molecule has 3 amide bonds. The maximum absolute atomic E-state index is 13.4. The second-order valence-corrected chi connectivity index (χ2v) is 19.1. The standard InChI is InChI=1S/C46H65ClN4O9S/c1-29(2)24-38(44(55)56)59-45(57)31(4)27-48-43(54)36(26-33-14-17-37(58-7)35(47)25-33)49-39(52)11-9-8-10-30(3)41-42(60-41)34-15-12-32(13-16-34)28-50-20-22-51(23-21-50)40(53)18-19-46(5,6)61/h9,11-17,25,29-31,36,38,41-42,61H,8,10,18-24,26-28H2,1-7H3,(H,48,54)(H,49,52)(H,55,56). The summed E-state index contributed by atoms with van der Waals surface area (Å²) < 4.78 is 16.4. The molecule has 61 heavy (non-hydrogen) atoms. The summed E-state index contributed by atoms with van der Waals surface area (Å²) in [6, 6.07) is 12.7. The van der Waals surface area contributed by atoms with E-state index >= 15 is 0 Å². The van der Waals surface area contributed by atoms with E-state index in [9.17, 15) is 29.1 Å².